The van der Waals surface area contributed by atoms with Crippen molar-refractivity contribution >= 4 is 56.6 Å². The molecular formula is C14H17BrNO4PS2. The van der Waals surface area contributed by atoms with Crippen molar-refractivity contribution in [2.75, 3.05) is 18.5 Å². The van der Waals surface area contributed by atoms with Gasteiger partial charge in [-0.2, -0.15) is 0 Å². The molecule has 0 bridgehead atoms. The molecule has 5 nitrogen and oxygen atoms in total. The number of hydrogen-bond acceptors (Lipinski definition) is 6. The molecule has 0 radical (unpaired) electrons. The van der Waals surface area contributed by atoms with Crippen LogP contribution >= 0.6 is 33.0 Å². The molecule has 1 aromatic carbocycles. The molecule has 0 spiro atoms. The molecule has 1 aliphatic rings. The van der Waals surface area contributed by atoms with E-state index in [1.807, 2.05) is 13.8 Å². The Morgan fingerprint density at radius 2 is 1.65 bits per heavy atom. The fourth-order valence-corrected chi connectivity index (χ4v) is 8.87. The summed E-state index contributed by atoms with van der Waals surface area (Å²) in [6.07, 6.45) is 0. The molecule has 1 aromatic rings. The van der Waals surface area contributed by atoms with E-state index in [9.17, 15) is 9.59 Å². The van der Waals surface area contributed by atoms with E-state index in [0.717, 1.165) is 0 Å². The zero-order valence-corrected chi connectivity index (χ0v) is 16.8. The summed E-state index contributed by atoms with van der Waals surface area (Å²) in [6.45, 7) is 4.51. The van der Waals surface area contributed by atoms with Crippen molar-refractivity contribution in [3.8, 4) is 0 Å². The second kappa shape index (κ2) is 8.23. The van der Waals surface area contributed by atoms with Crippen LogP contribution in [0, 0.1) is 0 Å². The maximum absolute atomic E-state index is 12.6. The SMILES string of the molecule is CCOP(=S)(OCC)SC(CBr)N1C(=O)c2ccccc2C1=O. The molecule has 1 heterocycles. The molecule has 2 amide bonds. The molecule has 2 rings (SSSR count). The van der Waals surface area contributed by atoms with E-state index in [0.29, 0.717) is 29.7 Å². The topological polar surface area (TPSA) is 55.8 Å². The van der Waals surface area contributed by atoms with Crippen molar-refractivity contribution in [1.82, 2.24) is 4.90 Å². The standard InChI is InChI=1S/C14H17BrNO4PS2/c1-3-19-21(22,20-4-2)23-12(9-15)16-13(17)10-7-5-6-8-11(10)14(16)18/h5-8,12H,3-4,9H2,1-2H3. The summed E-state index contributed by atoms with van der Waals surface area (Å²) in [5.41, 5.74) is -1.78. The maximum atomic E-state index is 12.6. The molecule has 9 heteroatoms. The van der Waals surface area contributed by atoms with Crippen LogP contribution in [0.4, 0.5) is 0 Å². The highest BCUT2D eigenvalue weighted by Crippen LogP contribution is 2.63. The quantitative estimate of drug-likeness (QED) is 0.347. The van der Waals surface area contributed by atoms with Crippen molar-refractivity contribution in [2.45, 2.75) is 19.2 Å². The lowest BCUT2D eigenvalue weighted by Crippen LogP contribution is -2.38. The van der Waals surface area contributed by atoms with Crippen molar-refractivity contribution in [2.24, 2.45) is 0 Å². The van der Waals surface area contributed by atoms with Crippen LogP contribution in [0.5, 0.6) is 0 Å². The molecule has 23 heavy (non-hydrogen) atoms. The molecule has 1 aliphatic heterocycles. The average molecular weight is 438 g/mol. The maximum Gasteiger partial charge on any atom is 0.262 e. The van der Waals surface area contributed by atoms with Gasteiger partial charge in [0.2, 0.25) is 5.69 Å². The number of imide groups is 1. The fraction of sp³-hybridized carbons (Fsp3) is 0.429. The first-order chi connectivity index (χ1) is 11.0. The van der Waals surface area contributed by atoms with Crippen LogP contribution in [0.2, 0.25) is 0 Å². The van der Waals surface area contributed by atoms with Gasteiger partial charge >= 0.3 is 0 Å². The minimum absolute atomic E-state index is 0.308. The number of nitrogens with zero attached hydrogens (tertiary/aromatic N) is 1. The summed E-state index contributed by atoms with van der Waals surface area (Å²) in [4.78, 5) is 26.4. The van der Waals surface area contributed by atoms with Gasteiger partial charge in [0.25, 0.3) is 11.8 Å². The first-order valence-corrected chi connectivity index (χ1v) is 12.3. The number of rotatable bonds is 8. The monoisotopic (exact) mass is 437 g/mol. The van der Waals surface area contributed by atoms with Crippen LogP contribution in [0.1, 0.15) is 34.6 Å². The zero-order chi connectivity index (χ0) is 17.0. The Hall–Kier alpha value is -0.240. The van der Waals surface area contributed by atoms with Gasteiger partial charge < -0.3 is 9.05 Å². The fourth-order valence-electron chi connectivity index (χ4n) is 2.18. The normalized spacial score (nSPS) is 15.9. The summed E-state index contributed by atoms with van der Waals surface area (Å²) < 4.78 is 11.2. The molecule has 0 aliphatic carbocycles. The average Bonchev–Trinajstić information content (AvgIpc) is 2.78. The van der Waals surface area contributed by atoms with Gasteiger partial charge in [-0.3, -0.25) is 14.5 Å². The van der Waals surface area contributed by atoms with Gasteiger partial charge in [-0.1, -0.05) is 28.1 Å². The van der Waals surface area contributed by atoms with Crippen molar-refractivity contribution in [1.29, 1.82) is 0 Å². The minimum atomic E-state index is -2.62. The Morgan fingerprint density at radius 1 is 1.17 bits per heavy atom. The number of benzene rings is 1. The Morgan fingerprint density at radius 3 is 2.04 bits per heavy atom. The summed E-state index contributed by atoms with van der Waals surface area (Å²) in [5.74, 6) is -0.616. The molecule has 1 unspecified atom stereocenters. The van der Waals surface area contributed by atoms with E-state index < -0.39 is 11.1 Å². The van der Waals surface area contributed by atoms with Crippen LogP contribution in [-0.4, -0.2) is 40.6 Å². The van der Waals surface area contributed by atoms with E-state index in [4.69, 9.17) is 20.9 Å². The Bertz CT molecular complexity index is 612. The lowest BCUT2D eigenvalue weighted by Gasteiger charge is -2.29. The largest absolute Gasteiger partial charge is 0.322 e. The summed E-state index contributed by atoms with van der Waals surface area (Å²) >= 11 is 10.1. The van der Waals surface area contributed by atoms with Gasteiger partial charge in [-0.25, -0.2) is 0 Å². The smallest absolute Gasteiger partial charge is 0.262 e. The molecule has 0 saturated carbocycles. The van der Waals surface area contributed by atoms with E-state index >= 15 is 0 Å². The van der Waals surface area contributed by atoms with Gasteiger partial charge in [0.05, 0.1) is 24.3 Å². The number of alkyl halides is 1. The molecule has 0 N–H and O–H groups in total. The Kier molecular flexibility index (Phi) is 6.83. The van der Waals surface area contributed by atoms with E-state index in [1.54, 1.807) is 24.3 Å². The molecule has 0 aromatic heterocycles. The molecular weight excluding hydrogens is 421 g/mol. The molecule has 126 valence electrons. The van der Waals surface area contributed by atoms with Crippen LogP contribution in [0.3, 0.4) is 0 Å². The number of fused-ring (bicyclic) bond motifs is 1. The zero-order valence-electron chi connectivity index (χ0n) is 12.7. The molecule has 0 saturated heterocycles. The predicted octanol–water partition coefficient (Wildman–Crippen LogP) is 4.03. The van der Waals surface area contributed by atoms with Crippen LogP contribution < -0.4 is 0 Å². The number of amides is 2. The van der Waals surface area contributed by atoms with Crippen molar-refractivity contribution in [3.05, 3.63) is 35.4 Å². The summed E-state index contributed by atoms with van der Waals surface area (Å²) in [6, 6.07) is 6.81. The Balaban J connectivity index is 2.27. The minimum Gasteiger partial charge on any atom is -0.322 e. The van der Waals surface area contributed by atoms with E-state index in [-0.39, 0.29) is 11.8 Å². The van der Waals surface area contributed by atoms with Crippen molar-refractivity contribution in [3.63, 3.8) is 0 Å². The van der Waals surface area contributed by atoms with Gasteiger partial charge in [-0.05, 0) is 49.2 Å². The van der Waals surface area contributed by atoms with Gasteiger partial charge in [0.15, 0.2) is 0 Å². The number of hydrogen-bond donors (Lipinski definition) is 0. The first-order valence-electron chi connectivity index (χ1n) is 7.07. The predicted molar refractivity (Wildman–Crippen MR) is 99.7 cm³/mol. The summed E-state index contributed by atoms with van der Waals surface area (Å²) in [7, 11) is 0. The van der Waals surface area contributed by atoms with Crippen LogP contribution in [0.15, 0.2) is 24.3 Å². The summed E-state index contributed by atoms with van der Waals surface area (Å²) in [5, 5.41) is -0.0897. The lowest BCUT2D eigenvalue weighted by molar-refractivity contribution is 0.0649. The second-order valence-corrected chi connectivity index (χ2v) is 11.5. The highest BCUT2D eigenvalue weighted by molar-refractivity contribution is 9.09. The van der Waals surface area contributed by atoms with E-state index in [1.165, 1.54) is 16.3 Å². The third-order valence-electron chi connectivity index (χ3n) is 3.07. The lowest BCUT2D eigenvalue weighted by atomic mass is 10.1. The van der Waals surface area contributed by atoms with Crippen LogP contribution in [-0.2, 0) is 20.9 Å². The molecule has 0 fully saturated rings. The molecule has 1 atom stereocenters. The highest BCUT2D eigenvalue weighted by atomic mass is 79.9. The number of halogens is 1. The first kappa shape index (κ1) is 19.1. The third-order valence-corrected chi connectivity index (χ3v) is 9.68. The van der Waals surface area contributed by atoms with Crippen LogP contribution in [0.25, 0.3) is 0 Å². The van der Waals surface area contributed by atoms with Gasteiger partial charge in [0, 0.05) is 5.33 Å². The number of carbonyl (C=O) groups is 2. The Labute approximate surface area is 153 Å². The second-order valence-electron chi connectivity index (χ2n) is 4.52. The van der Waals surface area contributed by atoms with Crippen molar-refractivity contribution < 1.29 is 18.6 Å². The highest BCUT2D eigenvalue weighted by Gasteiger charge is 2.42. The third kappa shape index (κ3) is 4.06. The number of carbonyl (C=O) groups excluding carboxylic acids is 2. The van der Waals surface area contributed by atoms with Gasteiger partial charge in [0.1, 0.15) is 5.37 Å². The van der Waals surface area contributed by atoms with E-state index in [2.05, 4.69) is 15.9 Å². The van der Waals surface area contributed by atoms with Gasteiger partial charge in [-0.15, -0.1) is 0 Å².